The molecule has 2 aromatic rings. The fourth-order valence-corrected chi connectivity index (χ4v) is 2.72. The van der Waals surface area contributed by atoms with Crippen LogP contribution in [0, 0.1) is 0 Å². The van der Waals surface area contributed by atoms with Gasteiger partial charge in [0.05, 0.1) is 5.69 Å². The fourth-order valence-electron chi connectivity index (χ4n) is 2.56. The maximum Gasteiger partial charge on any atom is 0.247 e. The van der Waals surface area contributed by atoms with Gasteiger partial charge in [-0.15, -0.1) is 0 Å². The van der Waals surface area contributed by atoms with E-state index >= 15 is 0 Å². The number of para-hydroxylation sites is 1. The molecule has 2 fully saturated rings. The lowest BCUT2D eigenvalue weighted by Crippen LogP contribution is -2.48. The Labute approximate surface area is 122 Å². The van der Waals surface area contributed by atoms with Gasteiger partial charge in [-0.1, -0.05) is 23.3 Å². The Bertz CT molecular complexity index is 529. The van der Waals surface area contributed by atoms with Gasteiger partial charge in [-0.25, -0.2) is 0 Å². The average Bonchev–Trinajstić information content (AvgIpc) is 3.06. The van der Waals surface area contributed by atoms with Crippen LogP contribution in [0.4, 0.5) is 0 Å². The van der Waals surface area contributed by atoms with Crippen LogP contribution in [0.25, 0.3) is 5.69 Å². The van der Waals surface area contributed by atoms with Crippen LogP contribution >= 0.6 is 11.6 Å². The van der Waals surface area contributed by atoms with E-state index in [4.69, 9.17) is 11.6 Å². The van der Waals surface area contributed by atoms with Crippen molar-refractivity contribution in [2.45, 2.75) is 24.9 Å². The number of benzene rings is 1. The van der Waals surface area contributed by atoms with Gasteiger partial charge in [-0.05, 0) is 47.0 Å². The summed E-state index contributed by atoms with van der Waals surface area (Å²) in [5.41, 5.74) is 0.854. The van der Waals surface area contributed by atoms with Crippen molar-refractivity contribution in [2.75, 3.05) is 13.1 Å². The van der Waals surface area contributed by atoms with Crippen LogP contribution in [0.5, 0.6) is 0 Å². The van der Waals surface area contributed by atoms with Crippen LogP contribution in [-0.2, 0) is 0 Å². The highest BCUT2D eigenvalue weighted by Gasteiger charge is 2.26. The molecule has 7 heteroatoms. The Hall–Kier alpha value is -1.50. The number of nitrogens with one attached hydrogen (secondary N) is 2. The van der Waals surface area contributed by atoms with E-state index < -0.39 is 0 Å². The summed E-state index contributed by atoms with van der Waals surface area (Å²) in [5, 5.41) is 17.9. The van der Waals surface area contributed by atoms with E-state index in [0.29, 0.717) is 0 Å². The fraction of sp³-hybridized carbons (Fsp3) is 0.462. The molecule has 2 aliphatic heterocycles. The largest absolute Gasteiger partial charge is 0.314 e. The van der Waals surface area contributed by atoms with Crippen LogP contribution in [-0.4, -0.2) is 45.4 Å². The number of hydrogen-bond donors (Lipinski definition) is 2. The molecule has 0 amide bonds. The molecule has 2 bridgehead atoms. The van der Waals surface area contributed by atoms with Crippen molar-refractivity contribution in [3.63, 3.8) is 0 Å². The van der Waals surface area contributed by atoms with E-state index in [0.717, 1.165) is 17.8 Å². The standard InChI is InChI=1S/C7H5ClN4.C6H12N2/c8-7-9-10-11-12(7)6-4-2-1-3-5-6;1-2-6-4-7-3-5(1)8-6/h1-5H;5-8H,1-4H2/t;5-,6+. The minimum Gasteiger partial charge on any atom is -0.314 e. The quantitative estimate of drug-likeness (QED) is 0.822. The number of aromatic nitrogens is 4. The van der Waals surface area contributed by atoms with Gasteiger partial charge in [-0.3, -0.25) is 0 Å². The van der Waals surface area contributed by atoms with Crippen molar-refractivity contribution in [3.8, 4) is 5.69 Å². The summed E-state index contributed by atoms with van der Waals surface area (Å²) in [5.74, 6) is 0. The summed E-state index contributed by atoms with van der Waals surface area (Å²) >= 11 is 5.70. The number of rotatable bonds is 1. The lowest BCUT2D eigenvalue weighted by molar-refractivity contribution is 0.423. The summed E-state index contributed by atoms with van der Waals surface area (Å²) in [6.45, 7) is 2.38. The topological polar surface area (TPSA) is 67.7 Å². The summed E-state index contributed by atoms with van der Waals surface area (Å²) in [6.07, 6.45) is 2.77. The van der Waals surface area contributed by atoms with Crippen LogP contribution in [0.15, 0.2) is 30.3 Å². The first-order chi connectivity index (χ1) is 9.83. The van der Waals surface area contributed by atoms with Crippen molar-refractivity contribution in [1.82, 2.24) is 30.8 Å². The molecule has 6 nitrogen and oxygen atoms in total. The minimum absolute atomic E-state index is 0.265. The number of halogens is 1. The van der Waals surface area contributed by atoms with Crippen molar-refractivity contribution in [1.29, 1.82) is 0 Å². The molecule has 0 spiro atoms. The zero-order valence-electron chi connectivity index (χ0n) is 11.0. The number of fused-ring (bicyclic) bond motifs is 2. The first-order valence-electron chi connectivity index (χ1n) is 6.79. The Morgan fingerprint density at radius 2 is 1.80 bits per heavy atom. The third-order valence-corrected chi connectivity index (χ3v) is 3.78. The molecule has 2 N–H and O–H groups in total. The Balaban J connectivity index is 0.000000131. The second-order valence-corrected chi connectivity index (χ2v) is 5.33. The molecule has 0 aliphatic carbocycles. The molecule has 2 aliphatic rings. The highest BCUT2D eigenvalue weighted by molar-refractivity contribution is 6.28. The predicted molar refractivity (Wildman–Crippen MR) is 77.0 cm³/mol. The number of nitrogens with zero attached hydrogens (tertiary/aromatic N) is 4. The van der Waals surface area contributed by atoms with E-state index in [-0.39, 0.29) is 5.28 Å². The van der Waals surface area contributed by atoms with Crippen molar-refractivity contribution < 1.29 is 0 Å². The van der Waals surface area contributed by atoms with Gasteiger partial charge in [-0.2, -0.15) is 4.68 Å². The van der Waals surface area contributed by atoms with Gasteiger partial charge in [0.15, 0.2) is 0 Å². The molecule has 0 radical (unpaired) electrons. The second kappa shape index (κ2) is 6.30. The Kier molecular flexibility index (Phi) is 4.25. The third-order valence-electron chi connectivity index (χ3n) is 3.55. The minimum atomic E-state index is 0.265. The van der Waals surface area contributed by atoms with Crippen molar-refractivity contribution >= 4 is 11.6 Å². The molecule has 1 aromatic carbocycles. The first-order valence-corrected chi connectivity index (χ1v) is 7.17. The average molecular weight is 293 g/mol. The maximum atomic E-state index is 5.70. The van der Waals surface area contributed by atoms with Gasteiger partial charge in [0.1, 0.15) is 0 Å². The lowest BCUT2D eigenvalue weighted by Gasteiger charge is -2.21. The van der Waals surface area contributed by atoms with E-state index in [9.17, 15) is 0 Å². The normalized spacial score (nSPS) is 24.1. The van der Waals surface area contributed by atoms with E-state index in [1.54, 1.807) is 0 Å². The molecule has 2 atom stereocenters. The third kappa shape index (κ3) is 3.15. The van der Waals surface area contributed by atoms with Gasteiger partial charge in [0.2, 0.25) is 5.28 Å². The number of piperazine rings is 1. The molecule has 20 heavy (non-hydrogen) atoms. The zero-order chi connectivity index (χ0) is 13.8. The van der Waals surface area contributed by atoms with E-state index in [1.165, 1.54) is 30.6 Å². The monoisotopic (exact) mass is 292 g/mol. The molecule has 0 unspecified atom stereocenters. The number of tetrazole rings is 1. The van der Waals surface area contributed by atoms with Crippen LogP contribution < -0.4 is 10.6 Å². The Morgan fingerprint density at radius 3 is 2.35 bits per heavy atom. The molecular weight excluding hydrogens is 276 g/mol. The summed E-state index contributed by atoms with van der Waals surface area (Å²) < 4.78 is 1.46. The van der Waals surface area contributed by atoms with Crippen molar-refractivity contribution in [2.24, 2.45) is 0 Å². The summed E-state index contributed by atoms with van der Waals surface area (Å²) in [6, 6.07) is 11.1. The molecule has 3 heterocycles. The Morgan fingerprint density at radius 1 is 1.10 bits per heavy atom. The summed E-state index contributed by atoms with van der Waals surface area (Å²) in [7, 11) is 0. The van der Waals surface area contributed by atoms with Crippen LogP contribution in [0.1, 0.15) is 12.8 Å². The number of hydrogen-bond acceptors (Lipinski definition) is 5. The molecule has 1 aromatic heterocycles. The van der Waals surface area contributed by atoms with Gasteiger partial charge >= 0.3 is 0 Å². The van der Waals surface area contributed by atoms with Crippen LogP contribution in [0.2, 0.25) is 5.28 Å². The highest BCUT2D eigenvalue weighted by atomic mass is 35.5. The van der Waals surface area contributed by atoms with E-state index in [1.807, 2.05) is 30.3 Å². The molecule has 4 rings (SSSR count). The maximum absolute atomic E-state index is 5.70. The van der Waals surface area contributed by atoms with Crippen LogP contribution in [0.3, 0.4) is 0 Å². The molecular formula is C13H17ClN6. The van der Waals surface area contributed by atoms with Crippen molar-refractivity contribution in [3.05, 3.63) is 35.6 Å². The smallest absolute Gasteiger partial charge is 0.247 e. The van der Waals surface area contributed by atoms with E-state index in [2.05, 4.69) is 26.2 Å². The molecule has 106 valence electrons. The highest BCUT2D eigenvalue weighted by Crippen LogP contribution is 2.13. The van der Waals surface area contributed by atoms with Gasteiger partial charge < -0.3 is 10.6 Å². The first kappa shape index (κ1) is 13.5. The molecule has 2 saturated heterocycles. The second-order valence-electron chi connectivity index (χ2n) is 4.99. The zero-order valence-corrected chi connectivity index (χ0v) is 11.8. The van der Waals surface area contributed by atoms with Gasteiger partial charge in [0.25, 0.3) is 0 Å². The SMILES string of the molecule is C1C[C@H]2CNC[C@@H]1N2.Clc1nnnn1-c1ccccc1. The predicted octanol–water partition coefficient (Wildman–Crippen LogP) is 1.03. The van der Waals surface area contributed by atoms with Gasteiger partial charge in [0, 0.05) is 25.2 Å². The lowest BCUT2D eigenvalue weighted by atomic mass is 10.2. The molecule has 0 saturated carbocycles. The summed E-state index contributed by atoms with van der Waals surface area (Å²) in [4.78, 5) is 0.